The first-order chi connectivity index (χ1) is 12.1. The Kier molecular flexibility index (Phi) is 5.89. The van der Waals surface area contributed by atoms with Crippen molar-refractivity contribution in [2.45, 2.75) is 0 Å². The van der Waals surface area contributed by atoms with Crippen molar-refractivity contribution >= 4 is 44.9 Å². The van der Waals surface area contributed by atoms with E-state index in [2.05, 4.69) is 10.1 Å². The number of sulfonamides is 1. The van der Waals surface area contributed by atoms with Crippen LogP contribution in [-0.4, -0.2) is 40.7 Å². The molecule has 0 unspecified atom stereocenters. The first kappa shape index (κ1) is 19.7. The molecule has 1 N–H and O–H groups in total. The van der Waals surface area contributed by atoms with E-state index in [0.29, 0.717) is 11.4 Å². The number of amides is 1. The SMILES string of the molecule is COC(=O)c1cccc(NC(=O)c2cc(N(C)S(C)(=O)=O)ccc2Cl)c1. The van der Waals surface area contributed by atoms with E-state index in [0.717, 1.165) is 10.6 Å². The summed E-state index contributed by atoms with van der Waals surface area (Å²) in [5, 5.41) is 2.79. The topological polar surface area (TPSA) is 92.8 Å². The third-order valence-electron chi connectivity index (χ3n) is 3.60. The lowest BCUT2D eigenvalue weighted by Gasteiger charge is -2.18. The van der Waals surface area contributed by atoms with Gasteiger partial charge in [0.05, 0.1) is 35.2 Å². The number of hydrogen-bond donors (Lipinski definition) is 1. The van der Waals surface area contributed by atoms with Gasteiger partial charge >= 0.3 is 5.97 Å². The quantitative estimate of drug-likeness (QED) is 0.784. The number of halogens is 1. The Balaban J connectivity index is 2.31. The Labute approximate surface area is 156 Å². The Hall–Kier alpha value is -2.58. The van der Waals surface area contributed by atoms with Crippen molar-refractivity contribution in [1.29, 1.82) is 0 Å². The molecule has 26 heavy (non-hydrogen) atoms. The monoisotopic (exact) mass is 396 g/mol. The molecule has 0 saturated carbocycles. The van der Waals surface area contributed by atoms with Crippen LogP contribution in [0.15, 0.2) is 42.5 Å². The van der Waals surface area contributed by atoms with Crippen molar-refractivity contribution in [3.8, 4) is 0 Å². The maximum Gasteiger partial charge on any atom is 0.337 e. The van der Waals surface area contributed by atoms with Crippen LogP contribution >= 0.6 is 11.6 Å². The highest BCUT2D eigenvalue weighted by atomic mass is 35.5. The van der Waals surface area contributed by atoms with Crippen LogP contribution < -0.4 is 9.62 Å². The summed E-state index contributed by atoms with van der Waals surface area (Å²) in [6, 6.07) is 10.5. The minimum absolute atomic E-state index is 0.100. The second kappa shape index (κ2) is 7.76. The normalized spacial score (nSPS) is 10.9. The number of ether oxygens (including phenoxy) is 1. The zero-order valence-electron chi connectivity index (χ0n) is 14.3. The third kappa shape index (κ3) is 4.53. The van der Waals surface area contributed by atoms with E-state index in [1.807, 2.05) is 0 Å². The van der Waals surface area contributed by atoms with Crippen molar-refractivity contribution in [3.05, 3.63) is 58.6 Å². The molecule has 0 aliphatic heterocycles. The molecule has 2 rings (SSSR count). The van der Waals surface area contributed by atoms with Gasteiger partial charge in [-0.1, -0.05) is 17.7 Å². The van der Waals surface area contributed by atoms with Gasteiger partial charge in [0.25, 0.3) is 5.91 Å². The first-order valence-corrected chi connectivity index (χ1v) is 9.59. The minimum atomic E-state index is -3.48. The number of methoxy groups -OCH3 is 1. The third-order valence-corrected chi connectivity index (χ3v) is 5.13. The molecule has 0 heterocycles. The lowest BCUT2D eigenvalue weighted by Crippen LogP contribution is -2.25. The summed E-state index contributed by atoms with van der Waals surface area (Å²) in [4.78, 5) is 24.1. The van der Waals surface area contributed by atoms with Crippen LogP contribution in [0.25, 0.3) is 0 Å². The smallest absolute Gasteiger partial charge is 0.337 e. The van der Waals surface area contributed by atoms with Gasteiger partial charge in [-0.25, -0.2) is 13.2 Å². The predicted octanol–water partition coefficient (Wildman–Crippen LogP) is 2.77. The number of benzene rings is 2. The lowest BCUT2D eigenvalue weighted by molar-refractivity contribution is 0.0600. The Morgan fingerprint density at radius 2 is 1.85 bits per heavy atom. The average molecular weight is 397 g/mol. The summed E-state index contributed by atoms with van der Waals surface area (Å²) < 4.78 is 29.0. The molecule has 7 nitrogen and oxygen atoms in total. The molecule has 0 saturated heterocycles. The van der Waals surface area contributed by atoms with E-state index >= 15 is 0 Å². The van der Waals surface area contributed by atoms with E-state index in [-0.39, 0.29) is 16.1 Å². The second-order valence-corrected chi connectivity index (χ2v) is 7.84. The predicted molar refractivity (Wildman–Crippen MR) is 100 cm³/mol. The summed E-state index contributed by atoms with van der Waals surface area (Å²) in [6.07, 6.45) is 1.06. The van der Waals surface area contributed by atoms with Crippen molar-refractivity contribution in [2.24, 2.45) is 0 Å². The number of nitrogens with zero attached hydrogens (tertiary/aromatic N) is 1. The molecule has 0 fully saturated rings. The number of carbonyl (C=O) groups excluding carboxylic acids is 2. The van der Waals surface area contributed by atoms with E-state index in [4.69, 9.17) is 11.6 Å². The van der Waals surface area contributed by atoms with Crippen LogP contribution in [0.5, 0.6) is 0 Å². The van der Waals surface area contributed by atoms with Crippen LogP contribution in [0, 0.1) is 0 Å². The molecular formula is C17H17ClN2O5S. The fourth-order valence-electron chi connectivity index (χ4n) is 2.11. The molecule has 0 aromatic heterocycles. The molecule has 0 radical (unpaired) electrons. The molecule has 0 aliphatic carbocycles. The van der Waals surface area contributed by atoms with E-state index in [1.54, 1.807) is 18.2 Å². The molecule has 2 aromatic rings. The van der Waals surface area contributed by atoms with E-state index < -0.39 is 21.9 Å². The summed E-state index contributed by atoms with van der Waals surface area (Å²) >= 11 is 6.08. The van der Waals surface area contributed by atoms with Crippen LogP contribution in [0.3, 0.4) is 0 Å². The number of hydrogen-bond acceptors (Lipinski definition) is 5. The molecule has 0 bridgehead atoms. The summed E-state index contributed by atoms with van der Waals surface area (Å²) in [5.41, 5.74) is 1.05. The van der Waals surface area contributed by atoms with Crippen LogP contribution in [0.2, 0.25) is 5.02 Å². The van der Waals surface area contributed by atoms with Gasteiger partial charge in [0, 0.05) is 12.7 Å². The second-order valence-electron chi connectivity index (χ2n) is 5.42. The van der Waals surface area contributed by atoms with Gasteiger partial charge in [-0.2, -0.15) is 0 Å². The standard InChI is InChI=1S/C17H17ClN2O5S/c1-20(26(3,23)24)13-7-8-15(18)14(10-13)16(21)19-12-6-4-5-11(9-12)17(22)25-2/h4-10H,1-3H3,(H,19,21). The largest absolute Gasteiger partial charge is 0.465 e. The van der Waals surface area contributed by atoms with Crippen LogP contribution in [-0.2, 0) is 14.8 Å². The fraction of sp³-hybridized carbons (Fsp3) is 0.176. The molecule has 1 amide bonds. The number of rotatable bonds is 5. The first-order valence-electron chi connectivity index (χ1n) is 7.36. The Morgan fingerprint density at radius 3 is 2.46 bits per heavy atom. The summed E-state index contributed by atoms with van der Waals surface area (Å²) in [6.45, 7) is 0. The number of nitrogens with one attached hydrogen (secondary N) is 1. The minimum Gasteiger partial charge on any atom is -0.465 e. The van der Waals surface area contributed by atoms with Gasteiger partial charge in [-0.3, -0.25) is 9.10 Å². The van der Waals surface area contributed by atoms with Gasteiger partial charge in [0.2, 0.25) is 10.0 Å². The Morgan fingerprint density at radius 1 is 1.15 bits per heavy atom. The average Bonchev–Trinajstić information content (AvgIpc) is 2.60. The highest BCUT2D eigenvalue weighted by Gasteiger charge is 2.17. The zero-order chi connectivity index (χ0) is 19.5. The van der Waals surface area contributed by atoms with Crippen molar-refractivity contribution in [1.82, 2.24) is 0 Å². The molecule has 138 valence electrons. The summed E-state index contributed by atoms with van der Waals surface area (Å²) in [5.74, 6) is -1.07. The maximum absolute atomic E-state index is 12.5. The van der Waals surface area contributed by atoms with Gasteiger partial charge < -0.3 is 10.1 Å². The molecular weight excluding hydrogens is 380 g/mol. The van der Waals surface area contributed by atoms with Gasteiger partial charge in [-0.05, 0) is 36.4 Å². The van der Waals surface area contributed by atoms with Gasteiger partial charge in [-0.15, -0.1) is 0 Å². The van der Waals surface area contributed by atoms with Crippen LogP contribution in [0.4, 0.5) is 11.4 Å². The highest BCUT2D eigenvalue weighted by Crippen LogP contribution is 2.25. The van der Waals surface area contributed by atoms with Crippen molar-refractivity contribution in [2.75, 3.05) is 30.0 Å². The van der Waals surface area contributed by atoms with E-state index in [1.165, 1.54) is 38.4 Å². The molecule has 0 spiro atoms. The van der Waals surface area contributed by atoms with E-state index in [9.17, 15) is 18.0 Å². The number of carbonyl (C=O) groups is 2. The summed E-state index contributed by atoms with van der Waals surface area (Å²) in [7, 11) is -0.845. The Bertz CT molecular complexity index is 959. The number of anilines is 2. The number of esters is 1. The molecule has 2 aromatic carbocycles. The van der Waals surface area contributed by atoms with Gasteiger partial charge in [0.1, 0.15) is 0 Å². The van der Waals surface area contributed by atoms with Gasteiger partial charge in [0.15, 0.2) is 0 Å². The van der Waals surface area contributed by atoms with Crippen LogP contribution in [0.1, 0.15) is 20.7 Å². The van der Waals surface area contributed by atoms with Crippen molar-refractivity contribution < 1.29 is 22.7 Å². The molecule has 0 aliphatic rings. The van der Waals surface area contributed by atoms with Crippen molar-refractivity contribution in [3.63, 3.8) is 0 Å². The fourth-order valence-corrected chi connectivity index (χ4v) is 2.81. The lowest BCUT2D eigenvalue weighted by atomic mass is 10.1. The highest BCUT2D eigenvalue weighted by molar-refractivity contribution is 7.92. The maximum atomic E-state index is 12.5. The zero-order valence-corrected chi connectivity index (χ0v) is 15.9. The molecule has 0 atom stereocenters. The molecule has 9 heteroatoms.